The molecule has 0 saturated carbocycles. The largest absolute Gasteiger partial charge is 0.441 e. The molecule has 3 aromatic rings. The van der Waals surface area contributed by atoms with Crippen LogP contribution in [0.15, 0.2) is 53.7 Å². The van der Waals surface area contributed by atoms with Gasteiger partial charge in [0, 0.05) is 18.1 Å². The Bertz CT molecular complexity index is 1070. The van der Waals surface area contributed by atoms with Crippen LogP contribution in [-0.4, -0.2) is 39.8 Å². The predicted octanol–water partition coefficient (Wildman–Crippen LogP) is 3.92. The van der Waals surface area contributed by atoms with E-state index in [2.05, 4.69) is 25.3 Å². The predicted molar refractivity (Wildman–Crippen MR) is 107 cm³/mol. The summed E-state index contributed by atoms with van der Waals surface area (Å²) in [6.45, 7) is 2.62. The van der Waals surface area contributed by atoms with Crippen molar-refractivity contribution in [1.29, 1.82) is 0 Å². The van der Waals surface area contributed by atoms with Crippen LogP contribution in [0.25, 0.3) is 10.9 Å². The topological polar surface area (TPSA) is 75.5 Å². The number of aryl methyl sites for hydroxylation is 1. The van der Waals surface area contributed by atoms with Crippen molar-refractivity contribution in [1.82, 2.24) is 19.9 Å². The van der Waals surface area contributed by atoms with Crippen LogP contribution in [0.2, 0.25) is 5.15 Å². The number of fused-ring (bicyclic) bond motifs is 1. The third-order valence-electron chi connectivity index (χ3n) is 4.11. The molecule has 4 rings (SSSR count). The molecule has 1 N–H and O–H groups in total. The van der Waals surface area contributed by atoms with E-state index >= 15 is 0 Å². The molecule has 0 spiro atoms. The third kappa shape index (κ3) is 3.68. The Hall–Kier alpha value is -3.19. The summed E-state index contributed by atoms with van der Waals surface area (Å²) >= 11 is 6.01. The number of aliphatic imine (C=N–C) groups is 1. The zero-order chi connectivity index (χ0) is 18.8. The fourth-order valence-electron chi connectivity index (χ4n) is 2.74. The summed E-state index contributed by atoms with van der Waals surface area (Å²) < 4.78 is 6.01. The van der Waals surface area contributed by atoms with Crippen molar-refractivity contribution < 1.29 is 4.74 Å². The SMILES string of the molecule is Cc1cc(Nc2ncnc3cnc(Cl)cc23)ccc1OC1=CCN=CN1C. The highest BCUT2D eigenvalue weighted by Gasteiger charge is 2.11. The first-order valence-corrected chi connectivity index (χ1v) is 8.73. The van der Waals surface area contributed by atoms with Crippen molar-refractivity contribution in [3.8, 4) is 5.75 Å². The van der Waals surface area contributed by atoms with Gasteiger partial charge in [0.15, 0.2) is 5.88 Å². The summed E-state index contributed by atoms with van der Waals surface area (Å²) in [6, 6.07) is 7.62. The normalized spacial score (nSPS) is 13.6. The molecule has 1 aliphatic heterocycles. The third-order valence-corrected chi connectivity index (χ3v) is 4.32. The van der Waals surface area contributed by atoms with Crippen LogP contribution < -0.4 is 10.1 Å². The summed E-state index contributed by atoms with van der Waals surface area (Å²) in [4.78, 5) is 18.6. The zero-order valence-corrected chi connectivity index (χ0v) is 15.6. The first-order valence-electron chi connectivity index (χ1n) is 8.35. The van der Waals surface area contributed by atoms with Gasteiger partial charge < -0.3 is 15.0 Å². The lowest BCUT2D eigenvalue weighted by atomic mass is 10.2. The zero-order valence-electron chi connectivity index (χ0n) is 14.8. The standard InChI is InChI=1S/C19H17ClN6O/c1-12-7-13(3-4-16(12)27-18-5-6-21-11-26(18)2)25-19-14-8-17(20)22-9-15(14)23-10-24-19/h3-5,7-11H,6H2,1-2H3,(H,23,24,25). The van der Waals surface area contributed by atoms with Crippen molar-refractivity contribution >= 4 is 40.3 Å². The summed E-state index contributed by atoms with van der Waals surface area (Å²) in [5.41, 5.74) is 2.61. The minimum Gasteiger partial charge on any atom is -0.441 e. The highest BCUT2D eigenvalue weighted by Crippen LogP contribution is 2.28. The molecule has 0 radical (unpaired) electrons. The van der Waals surface area contributed by atoms with E-state index < -0.39 is 0 Å². The molecule has 2 aromatic heterocycles. The van der Waals surface area contributed by atoms with Crippen molar-refractivity contribution in [3.63, 3.8) is 0 Å². The number of hydrogen-bond acceptors (Lipinski definition) is 7. The van der Waals surface area contributed by atoms with Crippen LogP contribution in [0.1, 0.15) is 5.56 Å². The number of pyridine rings is 1. The number of nitrogens with zero attached hydrogens (tertiary/aromatic N) is 5. The van der Waals surface area contributed by atoms with Crippen molar-refractivity contribution in [2.45, 2.75) is 6.92 Å². The van der Waals surface area contributed by atoms with Crippen LogP contribution in [-0.2, 0) is 0 Å². The Kier molecular flexibility index (Phi) is 4.60. The fourth-order valence-corrected chi connectivity index (χ4v) is 2.90. The van der Waals surface area contributed by atoms with E-state index in [4.69, 9.17) is 16.3 Å². The molecule has 3 heterocycles. The number of aromatic nitrogens is 3. The van der Waals surface area contributed by atoms with Crippen LogP contribution in [0, 0.1) is 6.92 Å². The fraction of sp³-hybridized carbons (Fsp3) is 0.158. The minimum absolute atomic E-state index is 0.397. The number of rotatable bonds is 4. The Labute approximate surface area is 161 Å². The van der Waals surface area contributed by atoms with E-state index in [0.29, 0.717) is 17.5 Å². The Morgan fingerprint density at radius 1 is 1.19 bits per heavy atom. The highest BCUT2D eigenvalue weighted by atomic mass is 35.5. The lowest BCUT2D eigenvalue weighted by molar-refractivity contribution is 0.315. The lowest BCUT2D eigenvalue weighted by Crippen LogP contribution is -2.23. The van der Waals surface area contributed by atoms with Gasteiger partial charge in [0.1, 0.15) is 23.0 Å². The molecule has 0 aliphatic carbocycles. The van der Waals surface area contributed by atoms with Crippen molar-refractivity contribution in [3.05, 3.63) is 59.5 Å². The molecule has 0 unspecified atom stereocenters. The summed E-state index contributed by atoms with van der Waals surface area (Å²) in [5.74, 6) is 2.22. The number of hydrogen-bond donors (Lipinski definition) is 1. The first kappa shape index (κ1) is 17.2. The molecule has 8 heteroatoms. The number of benzene rings is 1. The van der Waals surface area contributed by atoms with Crippen LogP contribution in [0.5, 0.6) is 5.75 Å². The van der Waals surface area contributed by atoms with Gasteiger partial charge in [-0.2, -0.15) is 0 Å². The average Bonchev–Trinajstić information content (AvgIpc) is 2.66. The maximum absolute atomic E-state index is 6.01. The second kappa shape index (κ2) is 7.20. The van der Waals surface area contributed by atoms with Gasteiger partial charge in [0.05, 0.1) is 24.6 Å². The minimum atomic E-state index is 0.397. The number of halogens is 1. The van der Waals surface area contributed by atoms with Gasteiger partial charge in [0.25, 0.3) is 0 Å². The van der Waals surface area contributed by atoms with E-state index in [1.54, 1.807) is 18.6 Å². The molecule has 27 heavy (non-hydrogen) atoms. The molecule has 0 bridgehead atoms. The molecular formula is C19H17ClN6O. The maximum Gasteiger partial charge on any atom is 0.198 e. The molecule has 0 fully saturated rings. The second-order valence-electron chi connectivity index (χ2n) is 6.09. The van der Waals surface area contributed by atoms with Gasteiger partial charge in [-0.05, 0) is 42.8 Å². The molecular weight excluding hydrogens is 364 g/mol. The Morgan fingerprint density at radius 3 is 2.89 bits per heavy atom. The molecule has 0 saturated heterocycles. The maximum atomic E-state index is 6.01. The van der Waals surface area contributed by atoms with Gasteiger partial charge >= 0.3 is 0 Å². The summed E-state index contributed by atoms with van der Waals surface area (Å²) in [6.07, 6.45) is 6.82. The smallest absolute Gasteiger partial charge is 0.198 e. The van der Waals surface area contributed by atoms with E-state index in [9.17, 15) is 0 Å². The quantitative estimate of drug-likeness (QED) is 0.691. The van der Waals surface area contributed by atoms with E-state index in [1.165, 1.54) is 6.33 Å². The summed E-state index contributed by atoms with van der Waals surface area (Å²) in [7, 11) is 1.90. The van der Waals surface area contributed by atoms with Crippen LogP contribution in [0.3, 0.4) is 0 Å². The van der Waals surface area contributed by atoms with E-state index in [0.717, 1.165) is 33.8 Å². The molecule has 1 aromatic carbocycles. The first-order chi connectivity index (χ1) is 13.1. The van der Waals surface area contributed by atoms with Gasteiger partial charge in [-0.1, -0.05) is 11.6 Å². The molecule has 7 nitrogen and oxygen atoms in total. The number of nitrogens with one attached hydrogen (secondary N) is 1. The van der Waals surface area contributed by atoms with Gasteiger partial charge in [-0.25, -0.2) is 15.0 Å². The highest BCUT2D eigenvalue weighted by molar-refractivity contribution is 6.30. The Balaban J connectivity index is 1.58. The van der Waals surface area contributed by atoms with Crippen LogP contribution in [0.4, 0.5) is 11.5 Å². The van der Waals surface area contributed by atoms with E-state index in [1.807, 2.05) is 43.1 Å². The molecule has 0 amide bonds. The monoisotopic (exact) mass is 380 g/mol. The van der Waals surface area contributed by atoms with Crippen LogP contribution >= 0.6 is 11.6 Å². The molecule has 0 atom stereocenters. The molecule has 136 valence electrons. The summed E-state index contributed by atoms with van der Waals surface area (Å²) in [5, 5.41) is 4.52. The average molecular weight is 381 g/mol. The Morgan fingerprint density at radius 2 is 2.07 bits per heavy atom. The van der Waals surface area contributed by atoms with Gasteiger partial charge in [0.2, 0.25) is 0 Å². The molecule has 1 aliphatic rings. The van der Waals surface area contributed by atoms with Crippen molar-refractivity contribution in [2.24, 2.45) is 4.99 Å². The lowest BCUT2D eigenvalue weighted by Gasteiger charge is -2.21. The van der Waals surface area contributed by atoms with Gasteiger partial charge in [-0.15, -0.1) is 0 Å². The second-order valence-corrected chi connectivity index (χ2v) is 6.47. The van der Waals surface area contributed by atoms with Crippen molar-refractivity contribution in [2.75, 3.05) is 18.9 Å². The van der Waals surface area contributed by atoms with Gasteiger partial charge in [-0.3, -0.25) is 4.99 Å². The number of ether oxygens (including phenoxy) is 1. The number of anilines is 2. The van der Waals surface area contributed by atoms with E-state index in [-0.39, 0.29) is 0 Å².